The number of hydrogen-bond donors (Lipinski definition) is 1. The molecule has 0 aromatic heterocycles. The van der Waals surface area contributed by atoms with E-state index in [-0.39, 0.29) is 5.96 Å². The molecule has 1 aromatic rings. The van der Waals surface area contributed by atoms with E-state index in [1.165, 1.54) is 5.01 Å². The summed E-state index contributed by atoms with van der Waals surface area (Å²) >= 11 is 0. The van der Waals surface area contributed by atoms with Gasteiger partial charge in [0.1, 0.15) is 10.9 Å². The number of nitro groups is 1. The fraction of sp³-hybridized carbons (Fsp3) is 0.385. The van der Waals surface area contributed by atoms with Crippen molar-refractivity contribution >= 4 is 12.2 Å². The average Bonchev–Trinajstić information content (AvgIpc) is 2.46. The number of guanidine groups is 1. The van der Waals surface area contributed by atoms with Gasteiger partial charge in [0.25, 0.3) is 5.96 Å². The number of nitrogens with zero attached hydrogens (tertiary/aromatic N) is 4. The van der Waals surface area contributed by atoms with E-state index in [2.05, 4.69) is 10.2 Å². The number of unbranched alkanes of at least 4 members (excludes halogenated alkanes) is 1. The largest absolute Gasteiger partial charge is 0.497 e. The van der Waals surface area contributed by atoms with Crippen molar-refractivity contribution in [2.24, 2.45) is 15.9 Å². The van der Waals surface area contributed by atoms with Gasteiger partial charge in [0.05, 0.1) is 13.3 Å². The Labute approximate surface area is 123 Å². The molecule has 0 heterocycles. The second-order valence-corrected chi connectivity index (χ2v) is 4.19. The van der Waals surface area contributed by atoms with Crippen LogP contribution in [0, 0.1) is 10.1 Å². The molecule has 1 rings (SSSR count). The summed E-state index contributed by atoms with van der Waals surface area (Å²) < 4.78 is 5.11. The van der Waals surface area contributed by atoms with Crippen molar-refractivity contribution in [1.29, 1.82) is 0 Å². The molecule has 0 fully saturated rings. The van der Waals surface area contributed by atoms with E-state index in [1.807, 2.05) is 25.1 Å². The lowest BCUT2D eigenvalue weighted by molar-refractivity contribution is -0.485. The molecule has 8 nitrogen and oxygen atoms in total. The number of hydrogen-bond acceptors (Lipinski definition) is 4. The van der Waals surface area contributed by atoms with Gasteiger partial charge in [-0.15, -0.1) is 0 Å². The van der Waals surface area contributed by atoms with E-state index < -0.39 is 5.03 Å². The first-order chi connectivity index (χ1) is 10.1. The summed E-state index contributed by atoms with van der Waals surface area (Å²) in [6.45, 7) is 2.46. The Balaban J connectivity index is 2.88. The van der Waals surface area contributed by atoms with Gasteiger partial charge in [-0.2, -0.15) is 5.10 Å². The predicted octanol–water partition coefficient (Wildman–Crippen LogP) is 1.64. The number of nitrogens with two attached hydrogens (primary N) is 1. The van der Waals surface area contributed by atoms with Crippen LogP contribution in [-0.4, -0.2) is 35.9 Å². The van der Waals surface area contributed by atoms with Gasteiger partial charge in [-0.3, -0.25) is 0 Å². The second kappa shape index (κ2) is 8.51. The van der Waals surface area contributed by atoms with Crippen LogP contribution in [0.4, 0.5) is 0 Å². The molecule has 0 unspecified atom stereocenters. The first-order valence-electron chi connectivity index (χ1n) is 6.50. The van der Waals surface area contributed by atoms with Gasteiger partial charge in [0.2, 0.25) is 0 Å². The summed E-state index contributed by atoms with van der Waals surface area (Å²) in [5.41, 5.74) is 6.37. The monoisotopic (exact) mass is 293 g/mol. The smallest absolute Gasteiger partial charge is 0.289 e. The standard InChI is InChI=1S/C13H19N5O3/c1-3-4-8-17(13(14)16-18(19)20)15-10-11-6-5-7-12(9-11)21-2/h5-7,9-10H,3-4,8H2,1-2H3,(H2,14,16)/b15-10+. The minimum Gasteiger partial charge on any atom is -0.497 e. The summed E-state index contributed by atoms with van der Waals surface area (Å²) in [5, 5.41) is 18.1. The van der Waals surface area contributed by atoms with Crippen molar-refractivity contribution < 1.29 is 9.77 Å². The molecule has 0 aliphatic rings. The van der Waals surface area contributed by atoms with Gasteiger partial charge in [-0.25, -0.2) is 15.1 Å². The average molecular weight is 293 g/mol. The third kappa shape index (κ3) is 5.89. The molecule has 2 N–H and O–H groups in total. The Hall–Kier alpha value is -2.64. The van der Waals surface area contributed by atoms with Crippen LogP contribution in [0.25, 0.3) is 0 Å². The highest BCUT2D eigenvalue weighted by molar-refractivity contribution is 5.83. The van der Waals surface area contributed by atoms with Crippen LogP contribution < -0.4 is 10.5 Å². The zero-order valence-electron chi connectivity index (χ0n) is 12.1. The topological polar surface area (TPSA) is 106 Å². The van der Waals surface area contributed by atoms with Crippen molar-refractivity contribution in [3.63, 3.8) is 0 Å². The van der Waals surface area contributed by atoms with Gasteiger partial charge in [0.15, 0.2) is 5.03 Å². The van der Waals surface area contributed by atoms with Crippen LogP contribution in [0.3, 0.4) is 0 Å². The van der Waals surface area contributed by atoms with Gasteiger partial charge in [-0.05, 0) is 24.1 Å². The van der Waals surface area contributed by atoms with E-state index in [1.54, 1.807) is 19.4 Å². The molecule has 0 aliphatic heterocycles. The molecule has 0 aliphatic carbocycles. The van der Waals surface area contributed by atoms with Crippen molar-refractivity contribution in [2.45, 2.75) is 19.8 Å². The van der Waals surface area contributed by atoms with Gasteiger partial charge in [0, 0.05) is 6.54 Å². The summed E-state index contributed by atoms with van der Waals surface area (Å²) in [7, 11) is 1.57. The minimum absolute atomic E-state index is 0.243. The zero-order valence-corrected chi connectivity index (χ0v) is 12.1. The molecule has 0 amide bonds. The Kier molecular flexibility index (Phi) is 6.66. The second-order valence-electron chi connectivity index (χ2n) is 4.19. The van der Waals surface area contributed by atoms with Crippen LogP contribution in [0.15, 0.2) is 34.5 Å². The minimum atomic E-state index is -0.838. The van der Waals surface area contributed by atoms with Crippen LogP contribution in [-0.2, 0) is 0 Å². The van der Waals surface area contributed by atoms with E-state index in [4.69, 9.17) is 10.5 Å². The molecule has 0 saturated carbocycles. The van der Waals surface area contributed by atoms with E-state index in [9.17, 15) is 10.1 Å². The summed E-state index contributed by atoms with van der Waals surface area (Å²) in [6, 6.07) is 7.27. The summed E-state index contributed by atoms with van der Waals surface area (Å²) in [6.07, 6.45) is 3.26. The predicted molar refractivity (Wildman–Crippen MR) is 80.8 cm³/mol. The molecule has 1 aromatic carbocycles. The lowest BCUT2D eigenvalue weighted by atomic mass is 10.2. The van der Waals surface area contributed by atoms with Crippen molar-refractivity contribution in [3.05, 3.63) is 39.9 Å². The molecule has 0 spiro atoms. The normalized spacial score (nSPS) is 11.6. The molecule has 0 atom stereocenters. The highest BCUT2D eigenvalue weighted by atomic mass is 16.7. The number of hydrazone groups is 2. The van der Waals surface area contributed by atoms with Crippen LogP contribution in [0.5, 0.6) is 5.75 Å². The third-order valence-corrected chi connectivity index (χ3v) is 2.61. The highest BCUT2D eigenvalue weighted by Crippen LogP contribution is 2.11. The quantitative estimate of drug-likeness (QED) is 0.356. The number of benzene rings is 1. The fourth-order valence-electron chi connectivity index (χ4n) is 1.53. The van der Waals surface area contributed by atoms with Crippen molar-refractivity contribution in [2.75, 3.05) is 13.7 Å². The van der Waals surface area contributed by atoms with Crippen molar-refractivity contribution in [3.8, 4) is 5.75 Å². The molecule has 21 heavy (non-hydrogen) atoms. The molecule has 0 bridgehead atoms. The van der Waals surface area contributed by atoms with Crippen LogP contribution in [0.1, 0.15) is 25.3 Å². The molecule has 0 saturated heterocycles. The van der Waals surface area contributed by atoms with E-state index >= 15 is 0 Å². The van der Waals surface area contributed by atoms with E-state index in [0.29, 0.717) is 12.3 Å². The van der Waals surface area contributed by atoms with Crippen molar-refractivity contribution in [1.82, 2.24) is 5.01 Å². The third-order valence-electron chi connectivity index (χ3n) is 2.61. The lowest BCUT2D eigenvalue weighted by Crippen LogP contribution is -2.34. The summed E-state index contributed by atoms with van der Waals surface area (Å²) in [4.78, 5) is 10.4. The molecule has 0 radical (unpaired) electrons. The fourth-order valence-corrected chi connectivity index (χ4v) is 1.53. The van der Waals surface area contributed by atoms with Crippen LogP contribution >= 0.6 is 0 Å². The highest BCUT2D eigenvalue weighted by Gasteiger charge is 2.09. The Morgan fingerprint density at radius 3 is 2.95 bits per heavy atom. The number of ether oxygens (including phenoxy) is 1. The SMILES string of the molecule is CCCCN(/N=C/c1cccc(OC)c1)/C(N)=N/[N+](=O)[O-]. The molecular formula is C13H19N5O3. The van der Waals surface area contributed by atoms with Crippen LogP contribution in [0.2, 0.25) is 0 Å². The Morgan fingerprint density at radius 2 is 2.33 bits per heavy atom. The maximum absolute atomic E-state index is 10.4. The molecule has 8 heteroatoms. The summed E-state index contributed by atoms with van der Waals surface area (Å²) in [5.74, 6) is 0.457. The molecular weight excluding hydrogens is 274 g/mol. The first-order valence-corrected chi connectivity index (χ1v) is 6.50. The first kappa shape index (κ1) is 16.4. The maximum Gasteiger partial charge on any atom is 0.289 e. The zero-order chi connectivity index (χ0) is 15.7. The number of methoxy groups -OCH3 is 1. The molecule has 114 valence electrons. The Bertz CT molecular complexity index is 530. The van der Waals surface area contributed by atoms with Gasteiger partial charge < -0.3 is 10.5 Å². The van der Waals surface area contributed by atoms with Gasteiger partial charge in [-0.1, -0.05) is 25.5 Å². The Morgan fingerprint density at radius 1 is 1.57 bits per heavy atom. The maximum atomic E-state index is 10.4. The lowest BCUT2D eigenvalue weighted by Gasteiger charge is -2.15. The number of rotatable bonds is 7. The van der Waals surface area contributed by atoms with Gasteiger partial charge >= 0.3 is 0 Å². The van der Waals surface area contributed by atoms with E-state index in [0.717, 1.165) is 18.4 Å².